The second-order valence-corrected chi connectivity index (χ2v) is 8.57. The molecule has 24 heavy (non-hydrogen) atoms. The quantitative estimate of drug-likeness (QED) is 0.629. The molecule has 0 unspecified atom stereocenters. The number of esters is 1. The van der Waals surface area contributed by atoms with E-state index in [2.05, 4.69) is 13.8 Å². The van der Waals surface area contributed by atoms with Crippen molar-refractivity contribution in [2.45, 2.75) is 84.8 Å². The molecule has 2 rings (SSSR count). The Morgan fingerprint density at radius 3 is 2.46 bits per heavy atom. The fourth-order valence-corrected chi connectivity index (χ4v) is 4.61. The minimum atomic E-state index is -1.15. The highest BCUT2D eigenvalue weighted by Crippen LogP contribution is 2.59. The second-order valence-electron chi connectivity index (χ2n) is 8.57. The van der Waals surface area contributed by atoms with E-state index in [1.54, 1.807) is 26.8 Å². The lowest BCUT2D eigenvalue weighted by molar-refractivity contribution is -0.163. The van der Waals surface area contributed by atoms with Gasteiger partial charge in [-0.3, -0.25) is 4.79 Å². The number of hydrogen-bond donors (Lipinski definition) is 1. The maximum absolute atomic E-state index is 12.9. The van der Waals surface area contributed by atoms with Crippen LogP contribution in [0.4, 0.5) is 0 Å². The van der Waals surface area contributed by atoms with Gasteiger partial charge in [0.25, 0.3) is 0 Å². The molecule has 0 heterocycles. The summed E-state index contributed by atoms with van der Waals surface area (Å²) in [4.78, 5) is 25.1. The van der Waals surface area contributed by atoms with Gasteiger partial charge in [-0.15, -0.1) is 0 Å². The van der Waals surface area contributed by atoms with Crippen molar-refractivity contribution in [1.82, 2.24) is 0 Å². The highest BCUT2D eigenvalue weighted by Gasteiger charge is 2.61. The molecule has 0 bridgehead atoms. The smallest absolute Gasteiger partial charge is 0.334 e. The zero-order chi connectivity index (χ0) is 18.3. The lowest BCUT2D eigenvalue weighted by atomic mass is 9.67. The van der Waals surface area contributed by atoms with Crippen LogP contribution < -0.4 is 0 Å². The van der Waals surface area contributed by atoms with E-state index in [9.17, 15) is 14.7 Å². The molecule has 2 fully saturated rings. The zero-order valence-electron chi connectivity index (χ0n) is 15.9. The minimum Gasteiger partial charge on any atom is -0.448 e. The normalized spacial score (nSPS) is 40.4. The van der Waals surface area contributed by atoms with Crippen LogP contribution in [0.3, 0.4) is 0 Å². The molecule has 136 valence electrons. The van der Waals surface area contributed by atoms with Gasteiger partial charge in [-0.25, -0.2) is 4.79 Å². The number of carbonyl (C=O) groups excluding carboxylic acids is 2. The van der Waals surface area contributed by atoms with Gasteiger partial charge in [0.2, 0.25) is 0 Å². The first kappa shape index (κ1) is 19.2. The van der Waals surface area contributed by atoms with Crippen LogP contribution in [0.15, 0.2) is 11.6 Å². The average Bonchev–Trinajstić information content (AvgIpc) is 2.72. The molecule has 1 N–H and O–H groups in total. The Kier molecular flexibility index (Phi) is 5.02. The monoisotopic (exact) mass is 336 g/mol. The van der Waals surface area contributed by atoms with Crippen LogP contribution in [-0.2, 0) is 14.3 Å². The molecule has 4 heteroatoms. The third-order valence-corrected chi connectivity index (χ3v) is 6.67. The number of ether oxygens (including phenoxy) is 1. The highest BCUT2D eigenvalue weighted by atomic mass is 16.6. The van der Waals surface area contributed by atoms with Crippen molar-refractivity contribution in [3.63, 3.8) is 0 Å². The van der Waals surface area contributed by atoms with Crippen molar-refractivity contribution >= 4 is 11.8 Å². The summed E-state index contributed by atoms with van der Waals surface area (Å²) in [5.74, 6) is 0.0373. The third-order valence-electron chi connectivity index (χ3n) is 6.67. The molecule has 0 aromatic heterocycles. The largest absolute Gasteiger partial charge is 0.448 e. The Morgan fingerprint density at radius 2 is 1.92 bits per heavy atom. The van der Waals surface area contributed by atoms with E-state index in [4.69, 9.17) is 4.74 Å². The number of ketones is 1. The molecule has 2 aliphatic rings. The van der Waals surface area contributed by atoms with Crippen LogP contribution in [0.2, 0.25) is 0 Å². The van der Waals surface area contributed by atoms with Gasteiger partial charge in [0.05, 0.1) is 5.60 Å². The van der Waals surface area contributed by atoms with Crippen LogP contribution in [0.5, 0.6) is 0 Å². The van der Waals surface area contributed by atoms with Gasteiger partial charge in [0.1, 0.15) is 0 Å². The molecule has 0 aliphatic heterocycles. The van der Waals surface area contributed by atoms with E-state index in [-0.39, 0.29) is 18.1 Å². The lowest BCUT2D eigenvalue weighted by Gasteiger charge is -2.43. The number of carbonyl (C=O) groups is 2. The molecule has 0 aromatic carbocycles. The molecule has 2 aliphatic carbocycles. The topological polar surface area (TPSA) is 63.6 Å². The predicted octanol–water partition coefficient (Wildman–Crippen LogP) is 3.81. The predicted molar refractivity (Wildman–Crippen MR) is 93.4 cm³/mol. The summed E-state index contributed by atoms with van der Waals surface area (Å²) in [7, 11) is 0. The van der Waals surface area contributed by atoms with Gasteiger partial charge in [-0.1, -0.05) is 26.8 Å². The lowest BCUT2D eigenvalue weighted by Crippen LogP contribution is -2.47. The van der Waals surface area contributed by atoms with Crippen LogP contribution in [0.25, 0.3) is 0 Å². The molecule has 0 saturated heterocycles. The van der Waals surface area contributed by atoms with E-state index in [1.165, 1.54) is 0 Å². The molecule has 0 radical (unpaired) electrons. The van der Waals surface area contributed by atoms with E-state index in [0.717, 1.165) is 12.8 Å². The molecular formula is C20H32O4. The molecule has 0 spiro atoms. The minimum absolute atomic E-state index is 0.0671. The molecule has 0 amide bonds. The number of hydrogen-bond acceptors (Lipinski definition) is 4. The summed E-state index contributed by atoms with van der Waals surface area (Å²) in [5.41, 5.74) is -1.94. The summed E-state index contributed by atoms with van der Waals surface area (Å²) in [6.45, 7) is 11.5. The van der Waals surface area contributed by atoms with Gasteiger partial charge in [0.15, 0.2) is 11.4 Å². The summed E-state index contributed by atoms with van der Waals surface area (Å²) in [5, 5.41) is 11.5. The Labute approximate surface area is 145 Å². The fraction of sp³-hybridized carbons (Fsp3) is 0.800. The van der Waals surface area contributed by atoms with Crippen molar-refractivity contribution in [2.75, 3.05) is 0 Å². The standard InChI is InChI=1S/C20H32O4/c1-7-14(4)17(22)24-19(6)10-11-20(23)15(13(2)3)8-9-18(20,5)12-16(19)21/h7,13,15,23H,8-12H2,1-6H3/b14-7-/t15-,18-,19+,20+/m1/s1. The third kappa shape index (κ3) is 2.94. The van der Waals surface area contributed by atoms with Crippen LogP contribution in [-0.4, -0.2) is 28.1 Å². The Morgan fingerprint density at radius 1 is 1.29 bits per heavy atom. The number of Topliss-reactive ketones (excluding diaryl/α,β-unsaturated/α-hetero) is 1. The van der Waals surface area contributed by atoms with Crippen molar-refractivity contribution in [3.05, 3.63) is 11.6 Å². The van der Waals surface area contributed by atoms with Crippen molar-refractivity contribution in [2.24, 2.45) is 17.3 Å². The van der Waals surface area contributed by atoms with E-state index >= 15 is 0 Å². The van der Waals surface area contributed by atoms with Gasteiger partial charge >= 0.3 is 5.97 Å². The molecule has 0 aromatic rings. The molecule has 4 atom stereocenters. The van der Waals surface area contributed by atoms with Crippen LogP contribution >= 0.6 is 0 Å². The first-order chi connectivity index (χ1) is 11.0. The Balaban J connectivity index is 2.31. The maximum Gasteiger partial charge on any atom is 0.334 e. The second kappa shape index (κ2) is 6.29. The van der Waals surface area contributed by atoms with E-state index in [0.29, 0.717) is 24.3 Å². The zero-order valence-corrected chi connectivity index (χ0v) is 15.9. The molecule has 4 nitrogen and oxygen atoms in total. The average molecular weight is 336 g/mol. The van der Waals surface area contributed by atoms with Crippen LogP contribution in [0, 0.1) is 17.3 Å². The van der Waals surface area contributed by atoms with E-state index in [1.807, 2.05) is 6.92 Å². The first-order valence-corrected chi connectivity index (χ1v) is 9.11. The fourth-order valence-electron chi connectivity index (χ4n) is 4.61. The Bertz CT molecular complexity index is 564. The first-order valence-electron chi connectivity index (χ1n) is 9.11. The number of allylic oxidation sites excluding steroid dienone is 1. The van der Waals surface area contributed by atoms with Crippen LogP contribution in [0.1, 0.15) is 73.6 Å². The number of aliphatic hydroxyl groups is 1. The summed E-state index contributed by atoms with van der Waals surface area (Å²) < 4.78 is 5.61. The van der Waals surface area contributed by atoms with Gasteiger partial charge < -0.3 is 9.84 Å². The van der Waals surface area contributed by atoms with Crippen molar-refractivity contribution < 1.29 is 19.4 Å². The van der Waals surface area contributed by atoms with Gasteiger partial charge in [-0.2, -0.15) is 0 Å². The maximum atomic E-state index is 12.9. The van der Waals surface area contributed by atoms with E-state index < -0.39 is 22.6 Å². The molecule has 2 saturated carbocycles. The van der Waals surface area contributed by atoms with Gasteiger partial charge in [0, 0.05) is 17.4 Å². The van der Waals surface area contributed by atoms with Crippen molar-refractivity contribution in [3.8, 4) is 0 Å². The number of fused-ring (bicyclic) bond motifs is 1. The summed E-state index contributed by atoms with van der Waals surface area (Å²) >= 11 is 0. The SMILES string of the molecule is C/C=C(/C)C(=O)O[C@@]1(C)CC[C@]2(O)[C@@H](C(C)C)CC[C@]2(C)CC1=O. The number of rotatable bonds is 3. The summed E-state index contributed by atoms with van der Waals surface area (Å²) in [6.07, 6.45) is 4.62. The van der Waals surface area contributed by atoms with Crippen molar-refractivity contribution in [1.29, 1.82) is 0 Å². The highest BCUT2D eigenvalue weighted by molar-refractivity contribution is 5.94. The molecular weight excluding hydrogens is 304 g/mol. The summed E-state index contributed by atoms with van der Waals surface area (Å²) in [6, 6.07) is 0. The van der Waals surface area contributed by atoms with Gasteiger partial charge in [-0.05, 0) is 58.3 Å². The Hall–Kier alpha value is -1.16.